The molecule has 0 radical (unpaired) electrons. The molecule has 0 N–H and O–H groups in total. The molecule has 1 aromatic rings. The molecule has 1 fully saturated rings. The summed E-state index contributed by atoms with van der Waals surface area (Å²) in [6.45, 7) is 0.749. The molecule has 4 nitrogen and oxygen atoms in total. The zero-order chi connectivity index (χ0) is 14.2. The smallest absolute Gasteiger partial charge is 0.247 e. The third-order valence-electron chi connectivity index (χ3n) is 4.03. The van der Waals surface area contributed by atoms with Crippen LogP contribution in [-0.2, 0) is 14.6 Å². The van der Waals surface area contributed by atoms with E-state index in [1.165, 1.54) is 6.08 Å². The van der Waals surface area contributed by atoms with Crippen molar-refractivity contribution in [2.75, 3.05) is 6.54 Å². The maximum Gasteiger partial charge on any atom is 0.247 e. The number of piperidine rings is 1. The van der Waals surface area contributed by atoms with Gasteiger partial charge >= 0.3 is 0 Å². The minimum atomic E-state index is -3.53. The topological polar surface area (TPSA) is 54.5 Å². The minimum absolute atomic E-state index is 0.0507. The van der Waals surface area contributed by atoms with E-state index in [1.807, 2.05) is 4.90 Å². The zero-order valence-corrected chi connectivity index (χ0v) is 12.0. The Hall–Kier alpha value is -1.62. The molecular formula is C15H17NO3S. The fraction of sp³-hybridized carbons (Fsp3) is 0.400. The van der Waals surface area contributed by atoms with E-state index in [9.17, 15) is 13.2 Å². The molecule has 0 aromatic heterocycles. The predicted molar refractivity (Wildman–Crippen MR) is 75.7 cm³/mol. The third-order valence-corrected chi connectivity index (χ3v) is 5.90. The van der Waals surface area contributed by atoms with Crippen LogP contribution in [-0.4, -0.2) is 31.8 Å². The molecule has 20 heavy (non-hydrogen) atoms. The highest BCUT2D eigenvalue weighted by Crippen LogP contribution is 2.32. The van der Waals surface area contributed by atoms with Crippen LogP contribution in [0.4, 0.5) is 0 Å². The van der Waals surface area contributed by atoms with Crippen molar-refractivity contribution in [2.45, 2.75) is 36.6 Å². The molecule has 3 rings (SSSR count). The summed E-state index contributed by atoms with van der Waals surface area (Å²) >= 11 is 0. The number of carbonyl (C=O) groups excluding carboxylic acids is 1. The quantitative estimate of drug-likeness (QED) is 0.838. The van der Waals surface area contributed by atoms with Gasteiger partial charge in [0.1, 0.15) is 0 Å². The number of hydrogen-bond acceptors (Lipinski definition) is 3. The third kappa shape index (κ3) is 2.26. The maximum atomic E-state index is 12.6. The Kier molecular flexibility index (Phi) is 3.38. The van der Waals surface area contributed by atoms with Crippen molar-refractivity contribution in [2.24, 2.45) is 0 Å². The van der Waals surface area contributed by atoms with Gasteiger partial charge < -0.3 is 4.90 Å². The van der Waals surface area contributed by atoms with Crippen LogP contribution in [0.1, 0.15) is 25.7 Å². The van der Waals surface area contributed by atoms with E-state index in [1.54, 1.807) is 30.3 Å². The average Bonchev–Trinajstić information content (AvgIpc) is 2.48. The average molecular weight is 291 g/mol. The second kappa shape index (κ2) is 5.05. The summed E-state index contributed by atoms with van der Waals surface area (Å²) in [6, 6.07) is 8.38. The Morgan fingerprint density at radius 1 is 1.10 bits per heavy atom. The van der Waals surface area contributed by atoms with Gasteiger partial charge in [0, 0.05) is 25.1 Å². The molecule has 5 heteroatoms. The lowest BCUT2D eigenvalue weighted by Crippen LogP contribution is -2.46. The van der Waals surface area contributed by atoms with Gasteiger partial charge in [-0.15, -0.1) is 0 Å². The number of amides is 1. The van der Waals surface area contributed by atoms with Crippen LogP contribution < -0.4 is 0 Å². The molecule has 1 aromatic carbocycles. The molecule has 0 aliphatic carbocycles. The Bertz CT molecular complexity index is 649. The zero-order valence-electron chi connectivity index (χ0n) is 11.2. The van der Waals surface area contributed by atoms with Gasteiger partial charge in [0.05, 0.1) is 9.80 Å². The largest absolute Gasteiger partial charge is 0.336 e. The second-order valence-corrected chi connectivity index (χ2v) is 7.32. The SMILES string of the molecule is O=C1C=C(S(=O)(=O)c2ccccc2)CC2CCCCN12. The van der Waals surface area contributed by atoms with Crippen molar-refractivity contribution in [1.82, 2.24) is 4.90 Å². The van der Waals surface area contributed by atoms with E-state index >= 15 is 0 Å². The van der Waals surface area contributed by atoms with Crippen molar-refractivity contribution in [3.05, 3.63) is 41.3 Å². The summed E-state index contributed by atoms with van der Waals surface area (Å²) in [7, 11) is -3.53. The second-order valence-electron chi connectivity index (χ2n) is 5.31. The van der Waals surface area contributed by atoms with Crippen molar-refractivity contribution in [3.8, 4) is 0 Å². The molecular weight excluding hydrogens is 274 g/mol. The predicted octanol–water partition coefficient (Wildman–Crippen LogP) is 2.13. The molecule has 1 atom stereocenters. The summed E-state index contributed by atoms with van der Waals surface area (Å²) in [5.41, 5.74) is 0. The Morgan fingerprint density at radius 3 is 2.60 bits per heavy atom. The van der Waals surface area contributed by atoms with Gasteiger partial charge in [0.2, 0.25) is 15.7 Å². The van der Waals surface area contributed by atoms with Crippen LogP contribution in [0.25, 0.3) is 0 Å². The molecule has 2 aliphatic rings. The Balaban J connectivity index is 1.96. The summed E-state index contributed by atoms with van der Waals surface area (Å²) < 4.78 is 25.1. The van der Waals surface area contributed by atoms with Gasteiger partial charge in [-0.3, -0.25) is 4.79 Å². The molecule has 2 heterocycles. The van der Waals surface area contributed by atoms with Gasteiger partial charge in [-0.05, 0) is 31.4 Å². The van der Waals surface area contributed by atoms with Gasteiger partial charge in [-0.25, -0.2) is 8.42 Å². The van der Waals surface area contributed by atoms with E-state index in [2.05, 4.69) is 0 Å². The molecule has 2 aliphatic heterocycles. The lowest BCUT2D eigenvalue weighted by Gasteiger charge is -2.38. The fourth-order valence-corrected chi connectivity index (χ4v) is 4.44. The van der Waals surface area contributed by atoms with Crippen LogP contribution in [0.5, 0.6) is 0 Å². The first-order valence-electron chi connectivity index (χ1n) is 6.90. The number of hydrogen-bond donors (Lipinski definition) is 0. The summed E-state index contributed by atoms with van der Waals surface area (Å²) in [5.74, 6) is -0.157. The van der Waals surface area contributed by atoms with Crippen LogP contribution >= 0.6 is 0 Å². The normalized spacial score (nSPS) is 23.2. The summed E-state index contributed by atoms with van der Waals surface area (Å²) in [4.78, 5) is 14.4. The van der Waals surface area contributed by atoms with E-state index in [0.717, 1.165) is 25.8 Å². The van der Waals surface area contributed by atoms with E-state index in [0.29, 0.717) is 6.42 Å². The number of fused-ring (bicyclic) bond motifs is 1. The monoisotopic (exact) mass is 291 g/mol. The van der Waals surface area contributed by atoms with Crippen LogP contribution in [0.2, 0.25) is 0 Å². The lowest BCUT2D eigenvalue weighted by molar-refractivity contribution is -0.130. The first kappa shape index (κ1) is 13.4. The maximum absolute atomic E-state index is 12.6. The number of rotatable bonds is 2. The highest BCUT2D eigenvalue weighted by Gasteiger charge is 2.35. The van der Waals surface area contributed by atoms with E-state index in [4.69, 9.17) is 0 Å². The highest BCUT2D eigenvalue weighted by molar-refractivity contribution is 7.95. The standard InChI is InChI=1S/C15H17NO3S/c17-15-11-14(10-12-6-4-5-9-16(12)15)20(18,19)13-7-2-1-3-8-13/h1-3,7-8,11-12H,4-6,9-10H2. The number of nitrogens with zero attached hydrogens (tertiary/aromatic N) is 1. The van der Waals surface area contributed by atoms with Gasteiger partial charge in [-0.2, -0.15) is 0 Å². The molecule has 0 spiro atoms. The first-order chi connectivity index (χ1) is 9.59. The van der Waals surface area contributed by atoms with Gasteiger partial charge in [0.25, 0.3) is 0 Å². The van der Waals surface area contributed by atoms with Crippen molar-refractivity contribution >= 4 is 15.7 Å². The molecule has 0 saturated carbocycles. The number of benzene rings is 1. The first-order valence-corrected chi connectivity index (χ1v) is 8.38. The molecule has 1 unspecified atom stereocenters. The molecule has 1 saturated heterocycles. The van der Waals surface area contributed by atoms with Crippen molar-refractivity contribution in [3.63, 3.8) is 0 Å². The number of sulfone groups is 1. The molecule has 1 amide bonds. The Morgan fingerprint density at radius 2 is 1.85 bits per heavy atom. The van der Waals surface area contributed by atoms with Crippen molar-refractivity contribution in [1.29, 1.82) is 0 Å². The van der Waals surface area contributed by atoms with E-state index < -0.39 is 9.84 Å². The summed E-state index contributed by atoms with van der Waals surface area (Å²) in [5, 5.41) is 0. The van der Waals surface area contributed by atoms with E-state index in [-0.39, 0.29) is 21.7 Å². The van der Waals surface area contributed by atoms with Crippen LogP contribution in [0.3, 0.4) is 0 Å². The number of carbonyl (C=O) groups is 1. The summed E-state index contributed by atoms with van der Waals surface area (Å²) in [6.07, 6.45) is 4.73. The van der Waals surface area contributed by atoms with Crippen LogP contribution in [0.15, 0.2) is 46.2 Å². The fourth-order valence-electron chi connectivity index (χ4n) is 2.95. The molecule has 106 valence electrons. The highest BCUT2D eigenvalue weighted by atomic mass is 32.2. The lowest BCUT2D eigenvalue weighted by atomic mass is 9.96. The Labute approximate surface area is 119 Å². The van der Waals surface area contributed by atoms with Crippen LogP contribution in [0, 0.1) is 0 Å². The van der Waals surface area contributed by atoms with Gasteiger partial charge in [0.15, 0.2) is 0 Å². The minimum Gasteiger partial charge on any atom is -0.336 e. The molecule has 0 bridgehead atoms. The van der Waals surface area contributed by atoms with Gasteiger partial charge in [-0.1, -0.05) is 18.2 Å². The van der Waals surface area contributed by atoms with Crippen molar-refractivity contribution < 1.29 is 13.2 Å².